The molecule has 92 valence electrons. The number of halogens is 1. The molecule has 18 heavy (non-hydrogen) atoms. The highest BCUT2D eigenvalue weighted by atomic mass is 79.9. The number of hydrogen-bond donors (Lipinski definition) is 1. The average molecular weight is 322 g/mol. The van der Waals surface area contributed by atoms with Crippen molar-refractivity contribution in [2.24, 2.45) is 5.73 Å². The maximum Gasteiger partial charge on any atom is 0.131 e. The van der Waals surface area contributed by atoms with E-state index in [9.17, 15) is 0 Å². The summed E-state index contributed by atoms with van der Waals surface area (Å²) in [6.07, 6.45) is 0. The molecular weight excluding hydrogens is 310 g/mol. The van der Waals surface area contributed by atoms with Gasteiger partial charge in [0.1, 0.15) is 16.5 Å². The van der Waals surface area contributed by atoms with E-state index in [-0.39, 0.29) is 0 Å². The van der Waals surface area contributed by atoms with Gasteiger partial charge in [0.25, 0.3) is 0 Å². The van der Waals surface area contributed by atoms with Gasteiger partial charge in [0.15, 0.2) is 0 Å². The third-order valence-corrected chi connectivity index (χ3v) is 3.25. The van der Waals surface area contributed by atoms with Crippen molar-refractivity contribution >= 4 is 33.1 Å². The monoisotopic (exact) mass is 321 g/mol. The van der Waals surface area contributed by atoms with Gasteiger partial charge in [0.05, 0.1) is 0 Å². The van der Waals surface area contributed by atoms with Crippen LogP contribution in [-0.2, 0) is 0 Å². The summed E-state index contributed by atoms with van der Waals surface area (Å²) in [6, 6.07) is 13.3. The predicted molar refractivity (Wildman–Crippen MR) is 81.3 cm³/mol. The van der Waals surface area contributed by atoms with Crippen molar-refractivity contribution in [2.75, 3.05) is 0 Å². The highest BCUT2D eigenvalue weighted by molar-refractivity contribution is 9.10. The van der Waals surface area contributed by atoms with Crippen LogP contribution >= 0.6 is 28.1 Å². The second-order valence-electron chi connectivity index (χ2n) is 3.90. The topological polar surface area (TPSA) is 35.2 Å². The Bertz CT molecular complexity index is 581. The molecule has 0 aliphatic carbocycles. The number of hydrogen-bond acceptors (Lipinski definition) is 2. The lowest BCUT2D eigenvalue weighted by Crippen LogP contribution is -2.08. The second-order valence-corrected chi connectivity index (χ2v) is 5.26. The Labute approximate surface area is 120 Å². The first-order chi connectivity index (χ1) is 8.56. The van der Waals surface area contributed by atoms with Gasteiger partial charge in [-0.05, 0) is 48.9 Å². The van der Waals surface area contributed by atoms with E-state index < -0.39 is 0 Å². The molecule has 0 aliphatic rings. The lowest BCUT2D eigenvalue weighted by molar-refractivity contribution is 0.478. The van der Waals surface area contributed by atoms with Crippen LogP contribution in [0.15, 0.2) is 46.9 Å². The lowest BCUT2D eigenvalue weighted by Gasteiger charge is -2.09. The van der Waals surface area contributed by atoms with Gasteiger partial charge in [0, 0.05) is 10.0 Å². The molecule has 2 rings (SSSR count). The van der Waals surface area contributed by atoms with Crippen LogP contribution in [0.25, 0.3) is 0 Å². The fourth-order valence-electron chi connectivity index (χ4n) is 1.50. The number of benzene rings is 2. The fraction of sp³-hybridized carbons (Fsp3) is 0.0714. The van der Waals surface area contributed by atoms with Gasteiger partial charge in [-0.1, -0.05) is 34.2 Å². The molecular formula is C14H12BrNOS. The van der Waals surface area contributed by atoms with Crippen molar-refractivity contribution in [3.8, 4) is 11.5 Å². The molecule has 0 amide bonds. The Kier molecular flexibility index (Phi) is 3.99. The first-order valence-corrected chi connectivity index (χ1v) is 6.60. The standard InChI is InChI=1S/C14H12BrNOS/c1-9-2-5-11(15)8-13(9)17-12-6-3-10(4-7-12)14(16)18/h2-8H,1H3,(H2,16,18). The molecule has 2 aromatic rings. The Morgan fingerprint density at radius 2 is 1.83 bits per heavy atom. The van der Waals surface area contributed by atoms with Crippen LogP contribution in [0.4, 0.5) is 0 Å². The van der Waals surface area contributed by atoms with E-state index in [0.29, 0.717) is 4.99 Å². The molecule has 4 heteroatoms. The summed E-state index contributed by atoms with van der Waals surface area (Å²) in [5.74, 6) is 1.59. The van der Waals surface area contributed by atoms with Crippen LogP contribution in [0, 0.1) is 6.92 Å². The molecule has 0 saturated carbocycles. The Morgan fingerprint density at radius 1 is 1.17 bits per heavy atom. The third-order valence-electron chi connectivity index (χ3n) is 2.52. The number of nitrogens with two attached hydrogens (primary N) is 1. The summed E-state index contributed by atoms with van der Waals surface area (Å²) in [5, 5.41) is 0. The van der Waals surface area contributed by atoms with E-state index in [0.717, 1.165) is 27.1 Å². The average Bonchev–Trinajstić information content (AvgIpc) is 2.34. The van der Waals surface area contributed by atoms with Crippen molar-refractivity contribution in [1.29, 1.82) is 0 Å². The van der Waals surface area contributed by atoms with Gasteiger partial charge in [0.2, 0.25) is 0 Å². The van der Waals surface area contributed by atoms with Gasteiger partial charge in [-0.3, -0.25) is 0 Å². The minimum absolute atomic E-state index is 0.389. The fourth-order valence-corrected chi connectivity index (χ4v) is 1.97. The zero-order valence-corrected chi connectivity index (χ0v) is 12.2. The zero-order valence-electron chi connectivity index (χ0n) is 9.81. The molecule has 2 nitrogen and oxygen atoms in total. The summed E-state index contributed by atoms with van der Waals surface area (Å²) < 4.78 is 6.80. The largest absolute Gasteiger partial charge is 0.457 e. The molecule has 2 aromatic carbocycles. The van der Waals surface area contributed by atoms with Gasteiger partial charge < -0.3 is 10.5 Å². The molecule has 0 fully saturated rings. The van der Waals surface area contributed by atoms with Crippen LogP contribution in [0.1, 0.15) is 11.1 Å². The number of aryl methyl sites for hydroxylation is 1. The van der Waals surface area contributed by atoms with Crippen molar-refractivity contribution in [2.45, 2.75) is 6.92 Å². The predicted octanol–water partition coefficient (Wildman–Crippen LogP) is 4.18. The normalized spacial score (nSPS) is 10.1. The molecule has 0 heterocycles. The Balaban J connectivity index is 2.23. The molecule has 0 bridgehead atoms. The molecule has 2 N–H and O–H groups in total. The number of rotatable bonds is 3. The van der Waals surface area contributed by atoms with Gasteiger partial charge >= 0.3 is 0 Å². The highest BCUT2D eigenvalue weighted by Crippen LogP contribution is 2.28. The van der Waals surface area contributed by atoms with Gasteiger partial charge in [-0.2, -0.15) is 0 Å². The smallest absolute Gasteiger partial charge is 0.131 e. The van der Waals surface area contributed by atoms with E-state index in [2.05, 4.69) is 15.9 Å². The van der Waals surface area contributed by atoms with Crippen LogP contribution in [-0.4, -0.2) is 4.99 Å². The number of thiocarbonyl (C=S) groups is 1. The van der Waals surface area contributed by atoms with Crippen molar-refractivity contribution in [1.82, 2.24) is 0 Å². The SMILES string of the molecule is Cc1ccc(Br)cc1Oc1ccc(C(N)=S)cc1. The molecule has 0 saturated heterocycles. The summed E-state index contributed by atoms with van der Waals surface area (Å²) in [5.41, 5.74) is 7.46. The molecule has 0 spiro atoms. The Morgan fingerprint density at radius 3 is 2.44 bits per heavy atom. The molecule has 0 aromatic heterocycles. The van der Waals surface area contributed by atoms with E-state index >= 15 is 0 Å². The van der Waals surface area contributed by atoms with Gasteiger partial charge in [-0.15, -0.1) is 0 Å². The number of ether oxygens (including phenoxy) is 1. The zero-order chi connectivity index (χ0) is 13.1. The summed E-state index contributed by atoms with van der Waals surface area (Å²) in [6.45, 7) is 2.01. The molecule has 0 atom stereocenters. The van der Waals surface area contributed by atoms with Crippen LogP contribution in [0.2, 0.25) is 0 Å². The van der Waals surface area contributed by atoms with Crippen molar-refractivity contribution < 1.29 is 4.74 Å². The molecule has 0 aliphatic heterocycles. The summed E-state index contributed by atoms with van der Waals surface area (Å²) in [4.78, 5) is 0.389. The minimum Gasteiger partial charge on any atom is -0.457 e. The minimum atomic E-state index is 0.389. The van der Waals surface area contributed by atoms with Gasteiger partial charge in [-0.25, -0.2) is 0 Å². The summed E-state index contributed by atoms with van der Waals surface area (Å²) in [7, 11) is 0. The molecule has 0 radical (unpaired) electrons. The Hall–Kier alpha value is -1.39. The van der Waals surface area contributed by atoms with Crippen LogP contribution < -0.4 is 10.5 Å². The first-order valence-electron chi connectivity index (χ1n) is 5.40. The quantitative estimate of drug-likeness (QED) is 0.861. The van der Waals surface area contributed by atoms with Crippen LogP contribution in [0.3, 0.4) is 0 Å². The van der Waals surface area contributed by atoms with E-state index in [1.165, 1.54) is 0 Å². The third kappa shape index (κ3) is 3.09. The highest BCUT2D eigenvalue weighted by Gasteiger charge is 2.03. The summed E-state index contributed by atoms with van der Waals surface area (Å²) >= 11 is 8.33. The van der Waals surface area contributed by atoms with E-state index in [1.807, 2.05) is 49.4 Å². The van der Waals surface area contributed by atoms with E-state index in [1.54, 1.807) is 0 Å². The van der Waals surface area contributed by atoms with E-state index in [4.69, 9.17) is 22.7 Å². The lowest BCUT2D eigenvalue weighted by atomic mass is 10.2. The maximum atomic E-state index is 5.81. The van der Waals surface area contributed by atoms with Crippen molar-refractivity contribution in [3.05, 3.63) is 58.1 Å². The van der Waals surface area contributed by atoms with Crippen LogP contribution in [0.5, 0.6) is 11.5 Å². The maximum absolute atomic E-state index is 5.81. The second kappa shape index (κ2) is 5.50. The first kappa shape index (κ1) is 13.1. The molecule has 0 unspecified atom stereocenters. The van der Waals surface area contributed by atoms with Crippen molar-refractivity contribution in [3.63, 3.8) is 0 Å².